The minimum Gasteiger partial charge on any atom is -0.462 e. The van der Waals surface area contributed by atoms with Crippen molar-refractivity contribution in [3.63, 3.8) is 0 Å². The molecule has 1 saturated carbocycles. The first kappa shape index (κ1) is 22.5. The van der Waals surface area contributed by atoms with Crippen LogP contribution in [0.15, 0.2) is 0 Å². The molecule has 2 heteroatoms. The summed E-state index contributed by atoms with van der Waals surface area (Å²) in [5, 5.41) is 0. The van der Waals surface area contributed by atoms with Crippen LogP contribution in [0.2, 0.25) is 0 Å². The topological polar surface area (TPSA) is 26.3 Å². The summed E-state index contributed by atoms with van der Waals surface area (Å²) in [6, 6.07) is 0. The van der Waals surface area contributed by atoms with Crippen LogP contribution in [0.4, 0.5) is 0 Å². The predicted molar refractivity (Wildman–Crippen MR) is 108 cm³/mol. The van der Waals surface area contributed by atoms with E-state index < -0.39 is 0 Å². The summed E-state index contributed by atoms with van der Waals surface area (Å²) in [6.45, 7) is 9.25. The summed E-state index contributed by atoms with van der Waals surface area (Å²) in [6.07, 6.45) is 16.9. The molecule has 25 heavy (non-hydrogen) atoms. The highest BCUT2D eigenvalue weighted by Crippen LogP contribution is 2.27. The molecular weight excluding hydrogens is 308 g/mol. The molecule has 1 aliphatic rings. The predicted octanol–water partition coefficient (Wildman–Crippen LogP) is 7.30. The number of ether oxygens (including phenoxy) is 1. The Labute approximate surface area is 157 Å². The highest BCUT2D eigenvalue weighted by Gasteiger charge is 2.21. The van der Waals surface area contributed by atoms with Gasteiger partial charge in [-0.05, 0) is 56.3 Å². The molecule has 148 valence electrons. The van der Waals surface area contributed by atoms with Crippen LogP contribution in [0, 0.1) is 17.8 Å². The molecule has 0 amide bonds. The molecule has 2 nitrogen and oxygen atoms in total. The zero-order valence-corrected chi connectivity index (χ0v) is 17.5. The van der Waals surface area contributed by atoms with Gasteiger partial charge in [-0.2, -0.15) is 0 Å². The second-order valence-corrected chi connectivity index (χ2v) is 8.74. The van der Waals surface area contributed by atoms with E-state index >= 15 is 0 Å². The van der Waals surface area contributed by atoms with Gasteiger partial charge in [-0.25, -0.2) is 0 Å². The van der Waals surface area contributed by atoms with Crippen LogP contribution in [0.3, 0.4) is 0 Å². The van der Waals surface area contributed by atoms with Crippen molar-refractivity contribution in [3.8, 4) is 0 Å². The van der Waals surface area contributed by atoms with Gasteiger partial charge in [0.25, 0.3) is 0 Å². The average Bonchev–Trinajstić information content (AvgIpc) is 2.57. The minimum absolute atomic E-state index is 0.0476. The van der Waals surface area contributed by atoms with E-state index in [1.807, 2.05) is 0 Å². The average molecular weight is 353 g/mol. The lowest BCUT2D eigenvalue weighted by atomic mass is 9.88. The zero-order valence-electron chi connectivity index (χ0n) is 17.5. The molecule has 0 aromatic rings. The molecule has 2 unspecified atom stereocenters. The van der Waals surface area contributed by atoms with E-state index in [1.165, 1.54) is 64.2 Å². The van der Waals surface area contributed by atoms with Crippen LogP contribution in [0.1, 0.15) is 118 Å². The van der Waals surface area contributed by atoms with E-state index in [1.54, 1.807) is 0 Å². The van der Waals surface area contributed by atoms with Crippen LogP contribution in [0.5, 0.6) is 0 Å². The van der Waals surface area contributed by atoms with Gasteiger partial charge in [0.05, 0.1) is 0 Å². The number of carbonyl (C=O) groups is 1. The summed E-state index contributed by atoms with van der Waals surface area (Å²) in [4.78, 5) is 12.1. The molecule has 0 radical (unpaired) electrons. The lowest BCUT2D eigenvalue weighted by Gasteiger charge is -2.26. The molecule has 0 spiro atoms. The summed E-state index contributed by atoms with van der Waals surface area (Å²) < 4.78 is 5.68. The first-order valence-electron chi connectivity index (χ1n) is 11.2. The molecule has 0 aromatic carbocycles. The normalized spacial score (nSPS) is 23.2. The number of carbonyl (C=O) groups excluding carboxylic acids is 1. The van der Waals surface area contributed by atoms with Crippen molar-refractivity contribution in [1.29, 1.82) is 0 Å². The smallest absolute Gasteiger partial charge is 0.306 e. The zero-order chi connectivity index (χ0) is 18.5. The third-order valence-electron chi connectivity index (χ3n) is 6.04. The van der Waals surface area contributed by atoms with E-state index in [0.717, 1.165) is 37.0 Å². The second kappa shape index (κ2) is 13.6. The Bertz CT molecular complexity index is 331. The Morgan fingerprint density at radius 3 is 2.20 bits per heavy atom. The molecule has 0 saturated heterocycles. The minimum atomic E-state index is 0.0476. The monoisotopic (exact) mass is 352 g/mol. The summed E-state index contributed by atoms with van der Waals surface area (Å²) >= 11 is 0. The fraction of sp³-hybridized carbons (Fsp3) is 0.957. The van der Waals surface area contributed by atoms with E-state index in [0.29, 0.717) is 6.42 Å². The number of hydrogen-bond donors (Lipinski definition) is 0. The summed E-state index contributed by atoms with van der Waals surface area (Å²) in [7, 11) is 0. The Hall–Kier alpha value is -0.530. The van der Waals surface area contributed by atoms with Crippen LogP contribution >= 0.6 is 0 Å². The van der Waals surface area contributed by atoms with Crippen molar-refractivity contribution in [1.82, 2.24) is 0 Å². The van der Waals surface area contributed by atoms with Crippen LogP contribution in [-0.2, 0) is 9.53 Å². The molecule has 0 heterocycles. The van der Waals surface area contributed by atoms with Crippen molar-refractivity contribution in [3.05, 3.63) is 0 Å². The molecule has 1 aliphatic carbocycles. The van der Waals surface area contributed by atoms with Gasteiger partial charge < -0.3 is 4.74 Å². The van der Waals surface area contributed by atoms with E-state index in [4.69, 9.17) is 4.74 Å². The van der Waals surface area contributed by atoms with E-state index in [-0.39, 0.29) is 12.1 Å². The second-order valence-electron chi connectivity index (χ2n) is 8.74. The maximum atomic E-state index is 12.1. The largest absolute Gasteiger partial charge is 0.462 e. The van der Waals surface area contributed by atoms with Crippen molar-refractivity contribution < 1.29 is 9.53 Å². The fourth-order valence-electron chi connectivity index (χ4n) is 4.36. The third-order valence-corrected chi connectivity index (χ3v) is 6.04. The molecule has 2 atom stereocenters. The lowest BCUT2D eigenvalue weighted by molar-refractivity contribution is -0.151. The maximum absolute atomic E-state index is 12.1. The molecule has 0 aliphatic heterocycles. The number of hydrogen-bond acceptors (Lipinski definition) is 2. The standard InChI is InChI=1S/C23H44O2/c1-5-9-19(3)11-7-12-21(10-6-2)13-8-14-23(24)25-22-17-15-20(4)16-18-22/h19-22H,5-18H2,1-4H3. The number of esters is 1. The molecule has 0 N–H and O–H groups in total. The van der Waals surface area contributed by atoms with Gasteiger partial charge in [0.2, 0.25) is 0 Å². The van der Waals surface area contributed by atoms with Gasteiger partial charge in [0.15, 0.2) is 0 Å². The van der Waals surface area contributed by atoms with Gasteiger partial charge in [-0.3, -0.25) is 4.79 Å². The van der Waals surface area contributed by atoms with Crippen molar-refractivity contribution in [2.75, 3.05) is 0 Å². The summed E-state index contributed by atoms with van der Waals surface area (Å²) in [5.41, 5.74) is 0. The van der Waals surface area contributed by atoms with Gasteiger partial charge in [-0.1, -0.05) is 72.6 Å². The highest BCUT2D eigenvalue weighted by atomic mass is 16.5. The number of rotatable bonds is 13. The Morgan fingerprint density at radius 1 is 0.920 bits per heavy atom. The molecule has 0 bridgehead atoms. The van der Waals surface area contributed by atoms with Crippen molar-refractivity contribution >= 4 is 5.97 Å². The van der Waals surface area contributed by atoms with E-state index in [9.17, 15) is 4.79 Å². The van der Waals surface area contributed by atoms with Crippen LogP contribution in [-0.4, -0.2) is 12.1 Å². The van der Waals surface area contributed by atoms with Gasteiger partial charge in [0, 0.05) is 6.42 Å². The van der Waals surface area contributed by atoms with Crippen LogP contribution in [0.25, 0.3) is 0 Å². The first-order chi connectivity index (χ1) is 12.0. The maximum Gasteiger partial charge on any atom is 0.306 e. The van der Waals surface area contributed by atoms with Crippen LogP contribution < -0.4 is 0 Å². The van der Waals surface area contributed by atoms with Gasteiger partial charge >= 0.3 is 5.97 Å². The fourth-order valence-corrected chi connectivity index (χ4v) is 4.36. The summed E-state index contributed by atoms with van der Waals surface area (Å²) in [5.74, 6) is 2.54. The molecule has 1 fully saturated rings. The first-order valence-corrected chi connectivity index (χ1v) is 11.2. The van der Waals surface area contributed by atoms with Crippen molar-refractivity contribution in [2.24, 2.45) is 17.8 Å². The molecule has 0 aromatic heterocycles. The SMILES string of the molecule is CCCC(C)CCCC(CCC)CCCC(=O)OC1CCC(C)CC1. The van der Waals surface area contributed by atoms with E-state index in [2.05, 4.69) is 27.7 Å². The molecular formula is C23H44O2. The Balaban J connectivity index is 2.15. The Kier molecular flexibility index (Phi) is 12.3. The Morgan fingerprint density at radius 2 is 1.56 bits per heavy atom. The van der Waals surface area contributed by atoms with Gasteiger partial charge in [-0.15, -0.1) is 0 Å². The third kappa shape index (κ3) is 10.9. The molecule has 1 rings (SSSR count). The van der Waals surface area contributed by atoms with Gasteiger partial charge in [0.1, 0.15) is 6.10 Å². The quantitative estimate of drug-likeness (QED) is 0.325. The highest BCUT2D eigenvalue weighted by molar-refractivity contribution is 5.69. The lowest BCUT2D eigenvalue weighted by Crippen LogP contribution is -2.23. The van der Waals surface area contributed by atoms with Crippen molar-refractivity contribution in [2.45, 2.75) is 124 Å².